The van der Waals surface area contributed by atoms with Gasteiger partial charge in [0.15, 0.2) is 24.3 Å². The number of ether oxygens (including phenoxy) is 6. The van der Waals surface area contributed by atoms with Gasteiger partial charge in [0, 0.05) is 0 Å². The highest BCUT2D eigenvalue weighted by Gasteiger charge is 2.61. The third-order valence-electron chi connectivity index (χ3n) is 4.54. The Morgan fingerprint density at radius 1 is 1.04 bits per heavy atom. The molecule has 0 aromatic heterocycles. The van der Waals surface area contributed by atoms with Crippen LogP contribution in [0.5, 0.6) is 0 Å². The number of rotatable bonds is 5. The van der Waals surface area contributed by atoms with Gasteiger partial charge in [-0.15, -0.1) is 0 Å². The second kappa shape index (κ2) is 6.63. The second-order valence-electron chi connectivity index (χ2n) is 8.09. The Labute approximate surface area is 156 Å². The van der Waals surface area contributed by atoms with Crippen LogP contribution in [-0.4, -0.2) is 75.3 Å². The van der Waals surface area contributed by atoms with Gasteiger partial charge in [0.25, 0.3) is 0 Å². The van der Waals surface area contributed by atoms with E-state index in [-0.39, 0.29) is 20.0 Å². The van der Waals surface area contributed by atoms with E-state index in [0.29, 0.717) is 0 Å². The summed E-state index contributed by atoms with van der Waals surface area (Å²) >= 11 is 0. The number of quaternary nitrogens is 1. The standard InChI is InChI=1S/C16H30NO8S/c1-13(2)24-14(3)9-21-15(4,22-11-23-16(14,5)25-13)10-20-12-26(18,19)17(6,7)8/h6H,9-12H2,1-5,7-8H3/q+1. The number of hydrogen-bond donors (Lipinski definition) is 0. The lowest BCUT2D eigenvalue weighted by Gasteiger charge is -2.42. The van der Waals surface area contributed by atoms with Gasteiger partial charge in [0.1, 0.15) is 12.2 Å². The van der Waals surface area contributed by atoms with Crippen molar-refractivity contribution >= 4 is 10.0 Å². The van der Waals surface area contributed by atoms with Gasteiger partial charge < -0.3 is 28.4 Å². The van der Waals surface area contributed by atoms with Gasteiger partial charge in [0.2, 0.25) is 12.8 Å². The minimum atomic E-state index is -3.69. The molecule has 152 valence electrons. The van der Waals surface area contributed by atoms with Crippen molar-refractivity contribution in [3.63, 3.8) is 0 Å². The van der Waals surface area contributed by atoms with Gasteiger partial charge in [-0.05, 0) is 34.6 Å². The van der Waals surface area contributed by atoms with Crippen molar-refractivity contribution in [1.29, 1.82) is 0 Å². The smallest absolute Gasteiger partial charge is 0.321 e. The van der Waals surface area contributed by atoms with E-state index in [1.54, 1.807) is 27.7 Å². The molecule has 2 aliphatic rings. The molecule has 26 heavy (non-hydrogen) atoms. The Hall–Kier alpha value is -0.330. The summed E-state index contributed by atoms with van der Waals surface area (Å²) in [5.74, 6) is -3.69. The van der Waals surface area contributed by atoms with Gasteiger partial charge in [-0.1, -0.05) is 0 Å². The van der Waals surface area contributed by atoms with Gasteiger partial charge in [-0.25, -0.2) is 3.89 Å². The van der Waals surface area contributed by atoms with Crippen molar-refractivity contribution in [3.8, 4) is 0 Å². The van der Waals surface area contributed by atoms with Crippen molar-refractivity contribution in [2.24, 2.45) is 0 Å². The highest BCUT2D eigenvalue weighted by molar-refractivity contribution is 7.85. The maximum absolute atomic E-state index is 12.0. The Balaban J connectivity index is 2.02. The predicted octanol–water partition coefficient (Wildman–Crippen LogP) is 1.03. The van der Waals surface area contributed by atoms with Crippen LogP contribution in [0, 0.1) is 7.05 Å². The molecule has 0 N–H and O–H groups in total. The third-order valence-corrected chi connectivity index (χ3v) is 6.44. The van der Waals surface area contributed by atoms with E-state index in [1.165, 1.54) is 14.1 Å². The van der Waals surface area contributed by atoms with Crippen molar-refractivity contribution in [2.45, 2.75) is 57.6 Å². The highest BCUT2D eigenvalue weighted by atomic mass is 32.2. The maximum atomic E-state index is 12.0. The molecule has 0 bridgehead atoms. The molecule has 0 aliphatic carbocycles. The quantitative estimate of drug-likeness (QED) is 0.637. The van der Waals surface area contributed by atoms with E-state index in [2.05, 4.69) is 0 Å². The zero-order valence-electron chi connectivity index (χ0n) is 16.5. The largest absolute Gasteiger partial charge is 0.354 e. The van der Waals surface area contributed by atoms with E-state index in [4.69, 9.17) is 35.5 Å². The average molecular weight is 396 g/mol. The Bertz CT molecular complexity index is 631. The molecule has 3 atom stereocenters. The van der Waals surface area contributed by atoms with Crippen molar-refractivity contribution in [3.05, 3.63) is 7.05 Å². The first-order valence-electron chi connectivity index (χ1n) is 8.29. The Morgan fingerprint density at radius 3 is 2.23 bits per heavy atom. The average Bonchev–Trinajstić information content (AvgIpc) is 2.59. The molecule has 0 saturated carbocycles. The normalized spacial score (nSPS) is 38.5. The van der Waals surface area contributed by atoms with Gasteiger partial charge in [-0.3, -0.25) is 0 Å². The van der Waals surface area contributed by atoms with Crippen LogP contribution in [0.15, 0.2) is 0 Å². The molecule has 2 heterocycles. The fourth-order valence-electron chi connectivity index (χ4n) is 2.73. The Kier molecular flexibility index (Phi) is 5.60. The maximum Gasteiger partial charge on any atom is 0.321 e. The summed E-state index contributed by atoms with van der Waals surface area (Å²) in [7, 11) is 4.59. The van der Waals surface area contributed by atoms with Crippen LogP contribution >= 0.6 is 0 Å². The summed E-state index contributed by atoms with van der Waals surface area (Å²) in [4.78, 5) is 0. The van der Waals surface area contributed by atoms with E-state index in [1.807, 2.05) is 6.92 Å². The lowest BCUT2D eigenvalue weighted by atomic mass is 9.97. The topological polar surface area (TPSA) is 89.5 Å². The SMILES string of the molecule is [CH][N+](C)(C)S(=O)(=O)COCC1(C)OCOC2(C)OC(C)(C)OC2(C)CO1. The van der Waals surface area contributed by atoms with E-state index in [9.17, 15) is 8.42 Å². The summed E-state index contributed by atoms with van der Waals surface area (Å²) in [6, 6.07) is 0. The zero-order chi connectivity index (χ0) is 20.1. The zero-order valence-corrected chi connectivity index (χ0v) is 17.3. The number of hydrogen-bond acceptors (Lipinski definition) is 8. The minimum absolute atomic E-state index is 0.0952. The molecule has 10 heteroatoms. The van der Waals surface area contributed by atoms with Crippen LogP contribution in [-0.2, 0) is 38.4 Å². The molecule has 3 unspecified atom stereocenters. The summed E-state index contributed by atoms with van der Waals surface area (Å²) in [5, 5.41) is 0. The van der Waals surface area contributed by atoms with Gasteiger partial charge in [-0.2, -0.15) is 8.42 Å². The third kappa shape index (κ3) is 4.39. The van der Waals surface area contributed by atoms with Crippen LogP contribution < -0.4 is 0 Å². The molecule has 0 spiro atoms. The van der Waals surface area contributed by atoms with E-state index >= 15 is 0 Å². The molecule has 2 saturated heterocycles. The molecule has 0 amide bonds. The first kappa shape index (κ1) is 22.0. The van der Waals surface area contributed by atoms with Crippen LogP contribution in [0.2, 0.25) is 0 Å². The van der Waals surface area contributed by atoms with Crippen LogP contribution in [0.1, 0.15) is 34.6 Å². The monoisotopic (exact) mass is 396 g/mol. The van der Waals surface area contributed by atoms with E-state index < -0.39 is 42.8 Å². The summed E-state index contributed by atoms with van der Waals surface area (Å²) < 4.78 is 57.8. The summed E-state index contributed by atoms with van der Waals surface area (Å²) in [6.45, 7) is 8.63. The van der Waals surface area contributed by atoms with Gasteiger partial charge in [0.05, 0.1) is 20.7 Å². The predicted molar refractivity (Wildman–Crippen MR) is 90.6 cm³/mol. The molecular weight excluding hydrogens is 366 g/mol. The first-order chi connectivity index (χ1) is 11.5. The van der Waals surface area contributed by atoms with Crippen LogP contribution in [0.25, 0.3) is 0 Å². The summed E-state index contributed by atoms with van der Waals surface area (Å²) in [5.41, 5.74) is -0.885. The highest BCUT2D eigenvalue weighted by Crippen LogP contribution is 2.46. The number of fused-ring (bicyclic) bond motifs is 1. The molecular formula is C16H30NO8S+. The molecule has 2 aliphatic heterocycles. The molecule has 9 nitrogen and oxygen atoms in total. The molecule has 0 aromatic carbocycles. The second-order valence-corrected chi connectivity index (χ2v) is 10.4. The fourth-order valence-corrected chi connectivity index (χ4v) is 3.29. The van der Waals surface area contributed by atoms with Crippen molar-refractivity contribution in [2.75, 3.05) is 40.0 Å². The van der Waals surface area contributed by atoms with Crippen molar-refractivity contribution in [1.82, 2.24) is 0 Å². The summed E-state index contributed by atoms with van der Waals surface area (Å²) in [6.07, 6.45) is 0. The lowest BCUT2D eigenvalue weighted by molar-refractivity contribution is -0.711. The van der Waals surface area contributed by atoms with Crippen LogP contribution in [0.4, 0.5) is 0 Å². The van der Waals surface area contributed by atoms with E-state index in [0.717, 1.165) is 0 Å². The molecule has 2 rings (SSSR count). The molecule has 0 aromatic rings. The Morgan fingerprint density at radius 2 is 1.65 bits per heavy atom. The number of sulfonamides is 1. The molecule has 2 radical (unpaired) electrons. The lowest BCUT2D eigenvalue weighted by Crippen LogP contribution is -2.57. The first-order valence-corrected chi connectivity index (χ1v) is 9.90. The van der Waals surface area contributed by atoms with Crippen LogP contribution in [0.3, 0.4) is 0 Å². The number of nitrogens with zero attached hydrogens (tertiary/aromatic N) is 1. The van der Waals surface area contributed by atoms with Gasteiger partial charge >= 0.3 is 10.0 Å². The minimum Gasteiger partial charge on any atom is -0.354 e. The van der Waals surface area contributed by atoms with Crippen molar-refractivity contribution < 1.29 is 40.7 Å². The molecule has 2 fully saturated rings. The fraction of sp³-hybridized carbons (Fsp3) is 0.938.